The van der Waals surface area contributed by atoms with E-state index in [1.807, 2.05) is 13.8 Å². The van der Waals surface area contributed by atoms with Gasteiger partial charge in [-0.25, -0.2) is 0 Å². The van der Waals surface area contributed by atoms with Crippen molar-refractivity contribution in [3.8, 4) is 0 Å². The summed E-state index contributed by atoms with van der Waals surface area (Å²) < 4.78 is 0. The highest BCUT2D eigenvalue weighted by molar-refractivity contribution is 5.99. The summed E-state index contributed by atoms with van der Waals surface area (Å²) in [5.41, 5.74) is 0.676. The number of fused-ring (bicyclic) bond motifs is 1. The van der Waals surface area contributed by atoms with Crippen LogP contribution in [0.5, 0.6) is 0 Å². The molecule has 0 radical (unpaired) electrons. The zero-order valence-corrected chi connectivity index (χ0v) is 11.9. The van der Waals surface area contributed by atoms with Crippen LogP contribution in [0.4, 0.5) is 11.4 Å². The van der Waals surface area contributed by atoms with E-state index >= 15 is 0 Å². The molecule has 110 valence electrons. The first-order valence-corrected chi connectivity index (χ1v) is 6.87. The molecule has 3 rings (SSSR count). The minimum absolute atomic E-state index is 0.0749. The van der Waals surface area contributed by atoms with Gasteiger partial charge < -0.3 is 10.4 Å². The van der Waals surface area contributed by atoms with Crippen molar-refractivity contribution in [1.29, 1.82) is 0 Å². The number of hydrogen-bond donors (Lipinski definition) is 2. The molecule has 6 nitrogen and oxygen atoms in total. The Labute approximate surface area is 122 Å². The fraction of sp³-hybridized carbons (Fsp3) is 0.400. The molecule has 1 heterocycles. The Bertz CT molecular complexity index is 714. The van der Waals surface area contributed by atoms with Gasteiger partial charge in [-0.15, -0.1) is 0 Å². The predicted molar refractivity (Wildman–Crippen MR) is 80.2 cm³/mol. The van der Waals surface area contributed by atoms with Crippen molar-refractivity contribution >= 4 is 22.1 Å². The van der Waals surface area contributed by atoms with Gasteiger partial charge in [0.25, 0.3) is 5.69 Å². The Hall–Kier alpha value is -2.21. The predicted octanol–water partition coefficient (Wildman–Crippen LogP) is 2.71. The fourth-order valence-corrected chi connectivity index (χ4v) is 2.79. The van der Waals surface area contributed by atoms with E-state index in [1.54, 1.807) is 24.5 Å². The molecular formula is C15H17N3O3. The van der Waals surface area contributed by atoms with Crippen molar-refractivity contribution < 1.29 is 10.0 Å². The SMILES string of the molecule is CC1(C)C(O)CC1Nc1ccc([N+](=O)[O-])c2ccncc12. The number of nitrogens with zero attached hydrogens (tertiary/aromatic N) is 2. The molecule has 2 atom stereocenters. The first-order valence-electron chi connectivity index (χ1n) is 6.87. The summed E-state index contributed by atoms with van der Waals surface area (Å²) in [5.74, 6) is 0. The molecule has 0 bridgehead atoms. The Kier molecular flexibility index (Phi) is 3.06. The zero-order valence-electron chi connectivity index (χ0n) is 11.9. The molecule has 2 N–H and O–H groups in total. The maximum atomic E-state index is 11.1. The van der Waals surface area contributed by atoms with Crippen molar-refractivity contribution in [2.45, 2.75) is 32.4 Å². The normalized spacial score (nSPS) is 23.6. The third-order valence-corrected chi connectivity index (χ3v) is 4.54. The van der Waals surface area contributed by atoms with Crippen LogP contribution >= 0.6 is 0 Å². The maximum absolute atomic E-state index is 11.1. The summed E-state index contributed by atoms with van der Waals surface area (Å²) in [4.78, 5) is 14.8. The molecule has 2 unspecified atom stereocenters. The minimum Gasteiger partial charge on any atom is -0.392 e. The standard InChI is InChI=1S/C15H17N3O3/c1-15(2)13(7-14(15)19)17-11-3-4-12(18(20)21)9-5-6-16-8-10(9)11/h3-6,8,13-14,17,19H,7H2,1-2H3. The monoisotopic (exact) mass is 287 g/mol. The molecule has 1 aromatic carbocycles. The Morgan fingerprint density at radius 1 is 1.38 bits per heavy atom. The van der Waals surface area contributed by atoms with E-state index in [0.29, 0.717) is 11.8 Å². The van der Waals surface area contributed by atoms with Gasteiger partial charge in [0.2, 0.25) is 0 Å². The summed E-state index contributed by atoms with van der Waals surface area (Å²) >= 11 is 0. The number of hydrogen-bond acceptors (Lipinski definition) is 5. The summed E-state index contributed by atoms with van der Waals surface area (Å²) in [6.07, 6.45) is 3.53. The number of aliphatic hydroxyl groups is 1. The highest BCUT2D eigenvalue weighted by Gasteiger charge is 2.47. The van der Waals surface area contributed by atoms with E-state index in [0.717, 1.165) is 11.1 Å². The number of aromatic nitrogens is 1. The van der Waals surface area contributed by atoms with Gasteiger partial charge in [0.1, 0.15) is 0 Å². The highest BCUT2D eigenvalue weighted by atomic mass is 16.6. The van der Waals surface area contributed by atoms with Crippen molar-refractivity contribution in [1.82, 2.24) is 4.98 Å². The summed E-state index contributed by atoms with van der Waals surface area (Å²) in [7, 11) is 0. The van der Waals surface area contributed by atoms with Gasteiger partial charge in [-0.3, -0.25) is 15.1 Å². The number of benzene rings is 1. The van der Waals surface area contributed by atoms with Gasteiger partial charge in [0.05, 0.1) is 16.4 Å². The van der Waals surface area contributed by atoms with E-state index in [-0.39, 0.29) is 28.2 Å². The van der Waals surface area contributed by atoms with Crippen LogP contribution in [0, 0.1) is 15.5 Å². The Morgan fingerprint density at radius 2 is 2.14 bits per heavy atom. The topological polar surface area (TPSA) is 88.3 Å². The van der Waals surface area contributed by atoms with Crippen molar-refractivity contribution in [3.05, 3.63) is 40.7 Å². The number of pyridine rings is 1. The van der Waals surface area contributed by atoms with Crippen molar-refractivity contribution in [3.63, 3.8) is 0 Å². The van der Waals surface area contributed by atoms with Crippen LogP contribution in [0.2, 0.25) is 0 Å². The molecule has 1 saturated carbocycles. The molecule has 1 fully saturated rings. The smallest absolute Gasteiger partial charge is 0.277 e. The van der Waals surface area contributed by atoms with Crippen LogP contribution in [0.15, 0.2) is 30.6 Å². The fourth-order valence-electron chi connectivity index (χ4n) is 2.79. The van der Waals surface area contributed by atoms with E-state index in [1.165, 1.54) is 6.07 Å². The van der Waals surface area contributed by atoms with Gasteiger partial charge in [0.15, 0.2) is 0 Å². The van der Waals surface area contributed by atoms with E-state index in [9.17, 15) is 15.2 Å². The van der Waals surface area contributed by atoms with E-state index in [4.69, 9.17) is 0 Å². The van der Waals surface area contributed by atoms with Crippen LogP contribution in [0.25, 0.3) is 10.8 Å². The molecule has 0 aliphatic heterocycles. The second kappa shape index (κ2) is 4.66. The molecule has 6 heteroatoms. The first kappa shape index (κ1) is 13.8. The average Bonchev–Trinajstić information content (AvgIpc) is 2.46. The summed E-state index contributed by atoms with van der Waals surface area (Å²) in [6, 6.07) is 5.01. The number of nitrogens with one attached hydrogen (secondary N) is 1. The average molecular weight is 287 g/mol. The number of non-ortho nitro benzene ring substituents is 1. The molecule has 0 amide bonds. The zero-order chi connectivity index (χ0) is 15.2. The third kappa shape index (κ3) is 2.12. The molecular weight excluding hydrogens is 270 g/mol. The van der Waals surface area contributed by atoms with Crippen LogP contribution in [-0.4, -0.2) is 27.2 Å². The number of rotatable bonds is 3. The largest absolute Gasteiger partial charge is 0.392 e. The quantitative estimate of drug-likeness (QED) is 0.669. The van der Waals surface area contributed by atoms with Crippen LogP contribution < -0.4 is 5.32 Å². The summed E-state index contributed by atoms with van der Waals surface area (Å²) in [6.45, 7) is 4.01. The lowest BCUT2D eigenvalue weighted by atomic mass is 9.64. The highest BCUT2D eigenvalue weighted by Crippen LogP contribution is 2.43. The molecule has 2 aromatic rings. The van der Waals surface area contributed by atoms with Gasteiger partial charge in [-0.2, -0.15) is 0 Å². The van der Waals surface area contributed by atoms with Gasteiger partial charge >= 0.3 is 0 Å². The molecule has 21 heavy (non-hydrogen) atoms. The van der Waals surface area contributed by atoms with E-state index in [2.05, 4.69) is 10.3 Å². The lowest BCUT2D eigenvalue weighted by Crippen LogP contribution is -2.56. The van der Waals surface area contributed by atoms with Gasteiger partial charge in [-0.1, -0.05) is 13.8 Å². The van der Waals surface area contributed by atoms with Crippen LogP contribution in [0.1, 0.15) is 20.3 Å². The van der Waals surface area contributed by atoms with Gasteiger partial charge in [0, 0.05) is 41.0 Å². The van der Waals surface area contributed by atoms with Crippen molar-refractivity contribution in [2.75, 3.05) is 5.32 Å². The number of anilines is 1. The number of aliphatic hydroxyl groups excluding tert-OH is 1. The number of nitro benzene ring substituents is 1. The minimum atomic E-state index is -0.386. The molecule has 0 spiro atoms. The second-order valence-corrected chi connectivity index (χ2v) is 6.08. The van der Waals surface area contributed by atoms with Crippen LogP contribution in [0.3, 0.4) is 0 Å². The van der Waals surface area contributed by atoms with Crippen molar-refractivity contribution in [2.24, 2.45) is 5.41 Å². The van der Waals surface area contributed by atoms with E-state index < -0.39 is 0 Å². The molecule has 1 aliphatic carbocycles. The summed E-state index contributed by atoms with van der Waals surface area (Å²) in [5, 5.41) is 25.6. The molecule has 1 aliphatic rings. The van der Waals surface area contributed by atoms with Crippen LogP contribution in [-0.2, 0) is 0 Å². The van der Waals surface area contributed by atoms with Gasteiger partial charge in [-0.05, 0) is 18.6 Å². The molecule has 0 saturated heterocycles. The third-order valence-electron chi connectivity index (χ3n) is 4.54. The lowest BCUT2D eigenvalue weighted by Gasteiger charge is -2.50. The molecule has 1 aromatic heterocycles. The second-order valence-electron chi connectivity index (χ2n) is 6.08. The lowest BCUT2D eigenvalue weighted by molar-refractivity contribution is -0.383. The maximum Gasteiger partial charge on any atom is 0.277 e. The Morgan fingerprint density at radius 3 is 2.76 bits per heavy atom. The number of nitro groups is 1. The first-order chi connectivity index (χ1) is 9.91. The Balaban J connectivity index is 2.01.